The van der Waals surface area contributed by atoms with Crippen LogP contribution in [0.5, 0.6) is 0 Å². The van der Waals surface area contributed by atoms with Gasteiger partial charge in [0.15, 0.2) is 0 Å². The van der Waals surface area contributed by atoms with Crippen LogP contribution < -0.4 is 5.32 Å². The van der Waals surface area contributed by atoms with Crippen LogP contribution in [0.25, 0.3) is 11.0 Å². The zero-order chi connectivity index (χ0) is 14.1. The lowest BCUT2D eigenvalue weighted by molar-refractivity contribution is 0.273. The molecule has 2 aromatic rings. The smallest absolute Gasteiger partial charge is 0.137 e. The van der Waals surface area contributed by atoms with Crippen molar-refractivity contribution in [3.63, 3.8) is 0 Å². The second-order valence-electron chi connectivity index (χ2n) is 6.25. The highest BCUT2D eigenvalue weighted by atomic mass is 16.3. The number of hydrogen-bond donors (Lipinski definition) is 1. The van der Waals surface area contributed by atoms with E-state index in [4.69, 9.17) is 4.42 Å². The van der Waals surface area contributed by atoms with E-state index in [0.717, 1.165) is 23.8 Å². The fourth-order valence-electron chi connectivity index (χ4n) is 3.73. The Balaban J connectivity index is 1.98. The van der Waals surface area contributed by atoms with E-state index in [1.165, 1.54) is 30.2 Å². The first kappa shape index (κ1) is 13.7. The fraction of sp³-hybridized carbons (Fsp3) is 0.556. The normalized spacial score (nSPS) is 24.4. The first-order chi connectivity index (χ1) is 9.70. The Bertz CT molecular complexity index is 586. The summed E-state index contributed by atoms with van der Waals surface area (Å²) in [5.41, 5.74) is 2.28. The number of fused-ring (bicyclic) bond motifs is 1. The number of aryl methyl sites for hydroxylation is 1. The molecule has 0 radical (unpaired) electrons. The molecule has 1 aromatic heterocycles. The van der Waals surface area contributed by atoms with E-state index in [9.17, 15) is 0 Å². The second kappa shape index (κ2) is 5.61. The number of benzene rings is 1. The lowest BCUT2D eigenvalue weighted by atomic mass is 9.88. The minimum Gasteiger partial charge on any atom is -0.459 e. The van der Waals surface area contributed by atoms with E-state index in [-0.39, 0.29) is 0 Å². The monoisotopic (exact) mass is 271 g/mol. The molecule has 1 N–H and O–H groups in total. The van der Waals surface area contributed by atoms with Gasteiger partial charge in [0.1, 0.15) is 11.3 Å². The summed E-state index contributed by atoms with van der Waals surface area (Å²) in [6.45, 7) is 7.68. The molecule has 1 heterocycles. The van der Waals surface area contributed by atoms with Gasteiger partial charge in [0.05, 0.1) is 6.04 Å². The second-order valence-corrected chi connectivity index (χ2v) is 6.25. The van der Waals surface area contributed by atoms with Crippen molar-refractivity contribution in [2.45, 2.75) is 46.1 Å². The molecule has 1 fully saturated rings. The molecule has 0 bridgehead atoms. The van der Waals surface area contributed by atoms with Crippen molar-refractivity contribution in [1.29, 1.82) is 0 Å². The largest absolute Gasteiger partial charge is 0.459 e. The standard InChI is InChI=1S/C18H25NO/c1-4-19-17(15-10-6-7-12(15)2)16-11-14-9-5-8-13(3)18(14)20-16/h5,8-9,11-12,15,17,19H,4,6-7,10H2,1-3H3. The molecule has 20 heavy (non-hydrogen) atoms. The van der Waals surface area contributed by atoms with E-state index in [2.05, 4.69) is 50.4 Å². The van der Waals surface area contributed by atoms with Crippen LogP contribution in [-0.2, 0) is 0 Å². The molecule has 3 unspecified atom stereocenters. The summed E-state index contributed by atoms with van der Waals surface area (Å²) < 4.78 is 6.21. The highest BCUT2D eigenvalue weighted by Crippen LogP contribution is 2.41. The molecule has 1 aliphatic carbocycles. The Kier molecular flexibility index (Phi) is 3.84. The van der Waals surface area contributed by atoms with Crippen LogP contribution in [0.1, 0.15) is 50.5 Å². The summed E-state index contributed by atoms with van der Waals surface area (Å²) in [7, 11) is 0. The molecule has 3 atom stereocenters. The molecular formula is C18H25NO. The van der Waals surface area contributed by atoms with Crippen molar-refractivity contribution >= 4 is 11.0 Å². The Morgan fingerprint density at radius 2 is 2.20 bits per heavy atom. The Morgan fingerprint density at radius 3 is 2.85 bits per heavy atom. The lowest BCUT2D eigenvalue weighted by Gasteiger charge is -2.26. The third-order valence-corrected chi connectivity index (χ3v) is 4.85. The number of hydrogen-bond acceptors (Lipinski definition) is 2. The zero-order valence-electron chi connectivity index (χ0n) is 12.8. The highest BCUT2D eigenvalue weighted by Gasteiger charge is 2.33. The van der Waals surface area contributed by atoms with Crippen molar-refractivity contribution in [2.24, 2.45) is 11.8 Å². The van der Waals surface area contributed by atoms with Gasteiger partial charge in [0.25, 0.3) is 0 Å². The molecule has 2 heteroatoms. The van der Waals surface area contributed by atoms with Crippen LogP contribution in [0.4, 0.5) is 0 Å². The Labute approximate surface area is 121 Å². The van der Waals surface area contributed by atoms with Gasteiger partial charge in [-0.15, -0.1) is 0 Å². The van der Waals surface area contributed by atoms with Crippen molar-refractivity contribution in [2.75, 3.05) is 6.54 Å². The third kappa shape index (κ3) is 2.37. The van der Waals surface area contributed by atoms with Gasteiger partial charge in [-0.25, -0.2) is 0 Å². The van der Waals surface area contributed by atoms with Gasteiger partial charge in [-0.1, -0.05) is 44.9 Å². The van der Waals surface area contributed by atoms with E-state index < -0.39 is 0 Å². The van der Waals surface area contributed by atoms with Gasteiger partial charge >= 0.3 is 0 Å². The lowest BCUT2D eigenvalue weighted by Crippen LogP contribution is -2.29. The van der Waals surface area contributed by atoms with E-state index in [1.54, 1.807) is 0 Å². The van der Waals surface area contributed by atoms with Gasteiger partial charge in [-0.05, 0) is 43.4 Å². The van der Waals surface area contributed by atoms with Crippen LogP contribution >= 0.6 is 0 Å². The molecule has 3 rings (SSSR count). The van der Waals surface area contributed by atoms with Gasteiger partial charge in [0, 0.05) is 5.39 Å². The summed E-state index contributed by atoms with van der Waals surface area (Å²) in [6, 6.07) is 8.98. The van der Waals surface area contributed by atoms with Crippen LogP contribution in [-0.4, -0.2) is 6.54 Å². The topological polar surface area (TPSA) is 25.2 Å². The van der Waals surface area contributed by atoms with Crippen LogP contribution in [0.15, 0.2) is 28.7 Å². The maximum Gasteiger partial charge on any atom is 0.137 e. The van der Waals surface area contributed by atoms with Crippen molar-refractivity contribution in [3.8, 4) is 0 Å². The average Bonchev–Trinajstić information content (AvgIpc) is 3.03. The predicted molar refractivity (Wildman–Crippen MR) is 83.9 cm³/mol. The molecule has 1 aromatic carbocycles. The van der Waals surface area contributed by atoms with Crippen molar-refractivity contribution in [3.05, 3.63) is 35.6 Å². The molecule has 1 aliphatic rings. The fourth-order valence-corrected chi connectivity index (χ4v) is 3.73. The number of nitrogens with one attached hydrogen (secondary N) is 1. The summed E-state index contributed by atoms with van der Waals surface area (Å²) >= 11 is 0. The van der Waals surface area contributed by atoms with Crippen LogP contribution in [0, 0.1) is 18.8 Å². The minimum absolute atomic E-state index is 0.365. The number of para-hydroxylation sites is 1. The molecular weight excluding hydrogens is 246 g/mol. The van der Waals surface area contributed by atoms with Crippen LogP contribution in [0.2, 0.25) is 0 Å². The molecule has 0 saturated heterocycles. The molecule has 108 valence electrons. The first-order valence-corrected chi connectivity index (χ1v) is 7.93. The van der Waals surface area contributed by atoms with Gasteiger partial charge in [-0.2, -0.15) is 0 Å². The van der Waals surface area contributed by atoms with E-state index in [0.29, 0.717) is 12.0 Å². The summed E-state index contributed by atoms with van der Waals surface area (Å²) in [4.78, 5) is 0. The van der Waals surface area contributed by atoms with Crippen molar-refractivity contribution < 1.29 is 4.42 Å². The molecule has 1 saturated carbocycles. The predicted octanol–water partition coefficient (Wildman–Crippen LogP) is 4.83. The van der Waals surface area contributed by atoms with E-state index in [1.807, 2.05) is 0 Å². The Hall–Kier alpha value is -1.28. The van der Waals surface area contributed by atoms with Crippen LogP contribution in [0.3, 0.4) is 0 Å². The number of furan rings is 1. The SMILES string of the molecule is CCNC(c1cc2cccc(C)c2o1)C1CCCC1C. The van der Waals surface area contributed by atoms with Crippen molar-refractivity contribution in [1.82, 2.24) is 5.32 Å². The molecule has 2 nitrogen and oxygen atoms in total. The van der Waals surface area contributed by atoms with Gasteiger partial charge in [0.2, 0.25) is 0 Å². The average molecular weight is 271 g/mol. The summed E-state index contributed by atoms with van der Waals surface area (Å²) in [5, 5.41) is 4.89. The van der Waals surface area contributed by atoms with E-state index >= 15 is 0 Å². The van der Waals surface area contributed by atoms with Gasteiger partial charge in [-0.3, -0.25) is 0 Å². The molecule has 0 amide bonds. The molecule has 0 spiro atoms. The maximum absolute atomic E-state index is 6.21. The van der Waals surface area contributed by atoms with Gasteiger partial charge < -0.3 is 9.73 Å². The summed E-state index contributed by atoms with van der Waals surface area (Å²) in [6.07, 6.45) is 4.02. The third-order valence-electron chi connectivity index (χ3n) is 4.85. The maximum atomic E-state index is 6.21. The Morgan fingerprint density at radius 1 is 1.35 bits per heavy atom. The minimum atomic E-state index is 0.365. The highest BCUT2D eigenvalue weighted by molar-refractivity contribution is 5.81. The summed E-state index contributed by atoms with van der Waals surface area (Å²) in [5.74, 6) is 2.61. The zero-order valence-corrected chi connectivity index (χ0v) is 12.8. The number of rotatable bonds is 4. The first-order valence-electron chi connectivity index (χ1n) is 7.93. The molecule has 0 aliphatic heterocycles. The quantitative estimate of drug-likeness (QED) is 0.861.